The molecule has 1 saturated heterocycles. The highest BCUT2D eigenvalue weighted by Gasteiger charge is 2.23. The molecule has 6 nitrogen and oxygen atoms in total. The predicted octanol–water partition coefficient (Wildman–Crippen LogP) is 0.389. The zero-order valence-electron chi connectivity index (χ0n) is 10.8. The molecule has 0 spiro atoms. The van der Waals surface area contributed by atoms with Crippen molar-refractivity contribution < 1.29 is 9.59 Å². The van der Waals surface area contributed by atoms with Gasteiger partial charge in [-0.3, -0.25) is 9.59 Å². The van der Waals surface area contributed by atoms with Crippen molar-refractivity contribution in [1.82, 2.24) is 15.2 Å². The van der Waals surface area contributed by atoms with Gasteiger partial charge in [0.25, 0.3) is 5.91 Å². The van der Waals surface area contributed by atoms with E-state index in [1.54, 1.807) is 6.07 Å². The molecule has 0 unspecified atom stereocenters. The van der Waals surface area contributed by atoms with E-state index >= 15 is 0 Å². The Balaban J connectivity index is 1.97. The number of hydrogen-bond donors (Lipinski definition) is 2. The first-order valence-electron chi connectivity index (χ1n) is 6.36. The quantitative estimate of drug-likeness (QED) is 0.784. The summed E-state index contributed by atoms with van der Waals surface area (Å²) in [5, 5.41) is 4.37. The average Bonchev–Trinajstić information content (AvgIpc) is 2.46. The second kappa shape index (κ2) is 4.80. The van der Waals surface area contributed by atoms with Crippen LogP contribution in [0, 0.1) is 0 Å². The Morgan fingerprint density at radius 2 is 2.15 bits per heavy atom. The fraction of sp³-hybridized carbons (Fsp3) is 0.214. The first-order chi connectivity index (χ1) is 9.65. The van der Waals surface area contributed by atoms with Crippen molar-refractivity contribution >= 4 is 28.4 Å². The topological polar surface area (TPSA) is 88.3 Å². The Morgan fingerprint density at radius 1 is 1.35 bits per heavy atom. The van der Waals surface area contributed by atoms with E-state index in [0.29, 0.717) is 18.9 Å². The van der Waals surface area contributed by atoms with Crippen LogP contribution in [0.1, 0.15) is 10.5 Å². The summed E-state index contributed by atoms with van der Waals surface area (Å²) in [7, 11) is 0. The average molecular weight is 270 g/mol. The summed E-state index contributed by atoms with van der Waals surface area (Å²) in [5.41, 5.74) is 6.16. The number of pyridine rings is 1. The molecule has 0 saturated carbocycles. The Bertz CT molecular complexity index is 699. The lowest BCUT2D eigenvalue weighted by Crippen LogP contribution is -2.50. The standard InChI is InChI=1S/C14H14N4O2/c15-13-10-4-2-1-3-9(10)7-11(17-13)14(20)18-6-5-16-12(19)8-18/h1-4,7H,5-6,8H2,(H2,15,17)(H,16,19). The highest BCUT2D eigenvalue weighted by molar-refractivity contribution is 6.01. The number of rotatable bonds is 1. The number of benzene rings is 1. The van der Waals surface area contributed by atoms with E-state index in [0.717, 1.165) is 10.8 Å². The summed E-state index contributed by atoms with van der Waals surface area (Å²) in [4.78, 5) is 29.3. The molecule has 0 aliphatic carbocycles. The van der Waals surface area contributed by atoms with E-state index in [4.69, 9.17) is 5.73 Å². The number of aromatic nitrogens is 1. The van der Waals surface area contributed by atoms with Crippen LogP contribution in [0.4, 0.5) is 5.82 Å². The van der Waals surface area contributed by atoms with E-state index in [9.17, 15) is 9.59 Å². The number of piperazine rings is 1. The Kier molecular flexibility index (Phi) is 2.98. The number of carbonyl (C=O) groups excluding carboxylic acids is 2. The van der Waals surface area contributed by atoms with Gasteiger partial charge in [-0.1, -0.05) is 24.3 Å². The maximum Gasteiger partial charge on any atom is 0.273 e. The van der Waals surface area contributed by atoms with Crippen molar-refractivity contribution in [1.29, 1.82) is 0 Å². The number of nitrogens with one attached hydrogen (secondary N) is 1. The molecular weight excluding hydrogens is 256 g/mol. The molecule has 2 amide bonds. The van der Waals surface area contributed by atoms with Crippen molar-refractivity contribution in [3.05, 3.63) is 36.0 Å². The molecule has 1 aliphatic heterocycles. The second-order valence-corrected chi connectivity index (χ2v) is 4.69. The number of hydrogen-bond acceptors (Lipinski definition) is 4. The van der Waals surface area contributed by atoms with E-state index in [1.165, 1.54) is 4.90 Å². The van der Waals surface area contributed by atoms with Crippen LogP contribution in [-0.2, 0) is 4.79 Å². The van der Waals surface area contributed by atoms with E-state index in [1.807, 2.05) is 24.3 Å². The number of carbonyl (C=O) groups is 2. The molecule has 6 heteroatoms. The third-order valence-corrected chi connectivity index (χ3v) is 3.31. The van der Waals surface area contributed by atoms with Crippen LogP contribution in [0.5, 0.6) is 0 Å². The Labute approximate surface area is 115 Å². The summed E-state index contributed by atoms with van der Waals surface area (Å²) in [5.74, 6) is -0.0939. The fourth-order valence-corrected chi connectivity index (χ4v) is 2.31. The Morgan fingerprint density at radius 3 is 2.95 bits per heavy atom. The van der Waals surface area contributed by atoms with Gasteiger partial charge in [-0.15, -0.1) is 0 Å². The van der Waals surface area contributed by atoms with Gasteiger partial charge in [-0.2, -0.15) is 0 Å². The van der Waals surface area contributed by atoms with Gasteiger partial charge in [0.2, 0.25) is 5.91 Å². The zero-order chi connectivity index (χ0) is 14.1. The lowest BCUT2D eigenvalue weighted by molar-refractivity contribution is -0.123. The van der Waals surface area contributed by atoms with Crippen LogP contribution in [0.3, 0.4) is 0 Å². The molecule has 1 fully saturated rings. The minimum atomic E-state index is -0.266. The third kappa shape index (κ3) is 2.16. The molecule has 0 bridgehead atoms. The monoisotopic (exact) mass is 270 g/mol. The molecule has 0 radical (unpaired) electrons. The van der Waals surface area contributed by atoms with Crippen LogP contribution in [-0.4, -0.2) is 41.3 Å². The first-order valence-corrected chi connectivity index (χ1v) is 6.36. The van der Waals surface area contributed by atoms with Gasteiger partial charge in [-0.05, 0) is 11.5 Å². The van der Waals surface area contributed by atoms with Crippen LogP contribution in [0.25, 0.3) is 10.8 Å². The number of fused-ring (bicyclic) bond motifs is 1. The summed E-state index contributed by atoms with van der Waals surface area (Å²) in [6, 6.07) is 9.20. The summed E-state index contributed by atoms with van der Waals surface area (Å²) in [6.07, 6.45) is 0. The van der Waals surface area contributed by atoms with E-state index < -0.39 is 0 Å². The maximum absolute atomic E-state index is 12.4. The van der Waals surface area contributed by atoms with Gasteiger partial charge in [0.05, 0.1) is 6.54 Å². The first kappa shape index (κ1) is 12.4. The highest BCUT2D eigenvalue weighted by Crippen LogP contribution is 2.20. The van der Waals surface area contributed by atoms with Crippen molar-refractivity contribution in [3.8, 4) is 0 Å². The van der Waals surface area contributed by atoms with Crippen molar-refractivity contribution in [2.24, 2.45) is 0 Å². The third-order valence-electron chi connectivity index (χ3n) is 3.31. The number of nitrogens with two attached hydrogens (primary N) is 1. The van der Waals surface area contributed by atoms with Gasteiger partial charge in [0, 0.05) is 18.5 Å². The van der Waals surface area contributed by atoms with Gasteiger partial charge in [-0.25, -0.2) is 4.98 Å². The molecule has 2 heterocycles. The molecule has 102 valence electrons. The molecule has 3 rings (SSSR count). The molecule has 20 heavy (non-hydrogen) atoms. The molecule has 1 aliphatic rings. The van der Waals surface area contributed by atoms with Gasteiger partial charge < -0.3 is 16.0 Å². The van der Waals surface area contributed by atoms with Crippen LogP contribution >= 0.6 is 0 Å². The van der Waals surface area contributed by atoms with Crippen molar-refractivity contribution in [2.45, 2.75) is 0 Å². The molecule has 1 aromatic carbocycles. The number of nitrogen functional groups attached to an aromatic ring is 1. The lowest BCUT2D eigenvalue weighted by atomic mass is 10.1. The van der Waals surface area contributed by atoms with Crippen LogP contribution in [0.2, 0.25) is 0 Å². The van der Waals surface area contributed by atoms with Crippen molar-refractivity contribution in [3.63, 3.8) is 0 Å². The van der Waals surface area contributed by atoms with E-state index in [-0.39, 0.29) is 24.1 Å². The molecular formula is C14H14N4O2. The van der Waals surface area contributed by atoms with Crippen molar-refractivity contribution in [2.75, 3.05) is 25.4 Å². The number of anilines is 1. The largest absolute Gasteiger partial charge is 0.383 e. The maximum atomic E-state index is 12.4. The van der Waals surface area contributed by atoms with Gasteiger partial charge >= 0.3 is 0 Å². The Hall–Kier alpha value is -2.63. The number of nitrogens with zero attached hydrogens (tertiary/aromatic N) is 2. The molecule has 2 aromatic rings. The molecule has 0 atom stereocenters. The lowest BCUT2D eigenvalue weighted by Gasteiger charge is -2.26. The fourth-order valence-electron chi connectivity index (χ4n) is 2.31. The SMILES string of the molecule is Nc1nc(C(=O)N2CCNC(=O)C2)cc2ccccc12. The highest BCUT2D eigenvalue weighted by atomic mass is 16.2. The normalized spacial score (nSPS) is 15.2. The summed E-state index contributed by atoms with van der Waals surface area (Å²) in [6.45, 7) is 1.01. The van der Waals surface area contributed by atoms with E-state index in [2.05, 4.69) is 10.3 Å². The molecule has 3 N–H and O–H groups in total. The molecule has 1 aromatic heterocycles. The minimum Gasteiger partial charge on any atom is -0.383 e. The minimum absolute atomic E-state index is 0.0627. The van der Waals surface area contributed by atoms with Crippen LogP contribution < -0.4 is 11.1 Å². The summed E-state index contributed by atoms with van der Waals surface area (Å²) < 4.78 is 0. The number of amides is 2. The second-order valence-electron chi connectivity index (χ2n) is 4.69. The summed E-state index contributed by atoms with van der Waals surface area (Å²) >= 11 is 0. The van der Waals surface area contributed by atoms with Crippen LogP contribution in [0.15, 0.2) is 30.3 Å². The predicted molar refractivity (Wildman–Crippen MR) is 75.1 cm³/mol. The van der Waals surface area contributed by atoms with Gasteiger partial charge in [0.1, 0.15) is 11.5 Å². The smallest absolute Gasteiger partial charge is 0.273 e. The zero-order valence-corrected chi connectivity index (χ0v) is 10.8. The van der Waals surface area contributed by atoms with Gasteiger partial charge in [0.15, 0.2) is 0 Å².